The number of benzene rings is 1. The van der Waals surface area contributed by atoms with E-state index in [9.17, 15) is 9.18 Å². The van der Waals surface area contributed by atoms with E-state index in [0.717, 1.165) is 40.4 Å². The lowest BCUT2D eigenvalue weighted by atomic mass is 10.1. The van der Waals surface area contributed by atoms with E-state index in [1.165, 1.54) is 0 Å². The second-order valence-electron chi connectivity index (χ2n) is 7.61. The van der Waals surface area contributed by atoms with Gasteiger partial charge in [0.05, 0.1) is 22.6 Å². The van der Waals surface area contributed by atoms with Crippen molar-refractivity contribution in [3.63, 3.8) is 0 Å². The van der Waals surface area contributed by atoms with Crippen LogP contribution in [0.5, 0.6) is 0 Å². The zero-order valence-corrected chi connectivity index (χ0v) is 21.9. The summed E-state index contributed by atoms with van der Waals surface area (Å²) in [7, 11) is 1.00. The highest BCUT2D eigenvalue weighted by atomic mass is 35.5. The molecule has 0 unspecified atom stereocenters. The molecule has 0 aliphatic carbocycles. The highest BCUT2D eigenvalue weighted by molar-refractivity contribution is 6.31. The fourth-order valence-electron chi connectivity index (χ4n) is 3.69. The largest absolute Gasteiger partial charge is 0.400 e. The molecule has 10 heteroatoms. The third-order valence-electron chi connectivity index (χ3n) is 5.27. The van der Waals surface area contributed by atoms with E-state index >= 15 is 0 Å². The molecule has 4 aromatic rings. The molecule has 1 aromatic carbocycles. The molecule has 0 atom stereocenters. The van der Waals surface area contributed by atoms with Crippen molar-refractivity contribution in [3.05, 3.63) is 81.4 Å². The highest BCUT2D eigenvalue weighted by Crippen LogP contribution is 2.20. The number of nitrogen functional groups attached to an aromatic ring is 1. The van der Waals surface area contributed by atoms with Crippen LogP contribution in [0.15, 0.2) is 42.7 Å². The first-order valence-corrected chi connectivity index (χ1v) is 11.8. The van der Waals surface area contributed by atoms with Crippen molar-refractivity contribution in [2.75, 3.05) is 12.8 Å². The second kappa shape index (κ2) is 13.5. The SMILES string of the molecule is CC.CO.Cc1cc(N)nc(C)c1CNC(=O)c1cn(Cc2ccc3ncc(Cl)cc3c2)nc1CF. The number of hydrogen-bond acceptors (Lipinski definition) is 6. The monoisotopic (exact) mass is 514 g/mol. The number of nitrogens with zero attached hydrogens (tertiary/aromatic N) is 4. The third kappa shape index (κ3) is 6.99. The number of pyridine rings is 2. The predicted octanol–water partition coefficient (Wildman–Crippen LogP) is 4.76. The topological polar surface area (TPSA) is 119 Å². The number of nitrogens with one attached hydrogen (secondary N) is 1. The minimum Gasteiger partial charge on any atom is -0.400 e. The number of aryl methyl sites for hydroxylation is 2. The Hall–Kier alpha value is -3.56. The van der Waals surface area contributed by atoms with Crippen LogP contribution in [0.3, 0.4) is 0 Å². The van der Waals surface area contributed by atoms with Gasteiger partial charge in [-0.3, -0.25) is 14.5 Å². The van der Waals surface area contributed by atoms with E-state index in [1.807, 2.05) is 52.0 Å². The Balaban J connectivity index is 0.00000109. The zero-order chi connectivity index (χ0) is 26.8. The lowest BCUT2D eigenvalue weighted by Gasteiger charge is -2.11. The molecule has 8 nitrogen and oxygen atoms in total. The molecule has 0 aliphatic heterocycles. The van der Waals surface area contributed by atoms with Crippen LogP contribution in [-0.4, -0.2) is 37.9 Å². The molecular formula is C26H32ClFN6O2. The number of anilines is 1. The first-order chi connectivity index (χ1) is 17.3. The van der Waals surface area contributed by atoms with Gasteiger partial charge in [-0.05, 0) is 54.8 Å². The second-order valence-corrected chi connectivity index (χ2v) is 8.05. The van der Waals surface area contributed by atoms with Crippen LogP contribution in [0, 0.1) is 13.8 Å². The van der Waals surface area contributed by atoms with Gasteiger partial charge < -0.3 is 16.2 Å². The normalized spacial score (nSPS) is 10.2. The minimum absolute atomic E-state index is 0.0943. The summed E-state index contributed by atoms with van der Waals surface area (Å²) in [5.41, 5.74) is 10.4. The molecule has 0 spiro atoms. The summed E-state index contributed by atoms with van der Waals surface area (Å²) in [5, 5.41) is 15.5. The lowest BCUT2D eigenvalue weighted by Crippen LogP contribution is -2.24. The molecule has 0 aliphatic rings. The molecule has 3 aromatic heterocycles. The number of halogens is 2. The van der Waals surface area contributed by atoms with Gasteiger partial charge in [0.1, 0.15) is 18.2 Å². The summed E-state index contributed by atoms with van der Waals surface area (Å²) >= 11 is 6.03. The van der Waals surface area contributed by atoms with Crippen LogP contribution in [0.1, 0.15) is 52.3 Å². The molecule has 3 heterocycles. The van der Waals surface area contributed by atoms with Gasteiger partial charge in [0.25, 0.3) is 5.91 Å². The Bertz CT molecular complexity index is 1300. The fourth-order valence-corrected chi connectivity index (χ4v) is 3.86. The third-order valence-corrected chi connectivity index (χ3v) is 5.47. The molecule has 36 heavy (non-hydrogen) atoms. The number of aliphatic hydroxyl groups excluding tert-OH is 1. The van der Waals surface area contributed by atoms with Gasteiger partial charge in [0.2, 0.25) is 0 Å². The first-order valence-electron chi connectivity index (χ1n) is 11.5. The number of rotatable bonds is 6. The molecule has 192 valence electrons. The van der Waals surface area contributed by atoms with Crippen molar-refractivity contribution < 1.29 is 14.3 Å². The summed E-state index contributed by atoms with van der Waals surface area (Å²) in [6, 6.07) is 9.34. The highest BCUT2D eigenvalue weighted by Gasteiger charge is 2.17. The predicted molar refractivity (Wildman–Crippen MR) is 142 cm³/mol. The molecule has 4 rings (SSSR count). The fraction of sp³-hybridized carbons (Fsp3) is 0.308. The first kappa shape index (κ1) is 28.7. The van der Waals surface area contributed by atoms with Gasteiger partial charge in [-0.25, -0.2) is 9.37 Å². The van der Waals surface area contributed by atoms with Crippen molar-refractivity contribution in [2.45, 2.75) is 47.5 Å². The van der Waals surface area contributed by atoms with E-state index in [-0.39, 0.29) is 17.8 Å². The van der Waals surface area contributed by atoms with Gasteiger partial charge in [-0.1, -0.05) is 31.5 Å². The van der Waals surface area contributed by atoms with Crippen LogP contribution in [0.25, 0.3) is 10.9 Å². The van der Waals surface area contributed by atoms with Crippen LogP contribution < -0.4 is 11.1 Å². The Kier molecular flexibility index (Phi) is 10.8. The quantitative estimate of drug-likeness (QED) is 0.341. The summed E-state index contributed by atoms with van der Waals surface area (Å²) in [6.45, 7) is 7.54. The van der Waals surface area contributed by atoms with Gasteiger partial charge in [-0.2, -0.15) is 5.10 Å². The number of aliphatic hydroxyl groups is 1. The van der Waals surface area contributed by atoms with E-state index in [1.54, 1.807) is 23.1 Å². The van der Waals surface area contributed by atoms with E-state index < -0.39 is 12.6 Å². The number of nitrogens with two attached hydrogens (primary N) is 1. The van der Waals surface area contributed by atoms with Crippen molar-refractivity contribution >= 4 is 34.2 Å². The number of alkyl halides is 1. The van der Waals surface area contributed by atoms with Gasteiger partial charge in [0.15, 0.2) is 0 Å². The standard InChI is InChI=1S/C23H22ClFN6O.C2H6.CH4O/c1-13-5-22(26)29-14(2)18(13)10-28-23(32)19-12-31(30-21(19)8-25)11-15-3-4-20-16(6-15)7-17(24)9-27-20;2*1-2/h3-7,9,12H,8,10-11H2,1-2H3,(H2,26,29)(H,28,32);1-2H3;2H,1H3. The van der Waals surface area contributed by atoms with Crippen LogP contribution in [0.4, 0.5) is 10.2 Å². The van der Waals surface area contributed by atoms with Crippen molar-refractivity contribution in [2.24, 2.45) is 0 Å². The number of fused-ring (bicyclic) bond motifs is 1. The average molecular weight is 515 g/mol. The Labute approximate surface area is 215 Å². The zero-order valence-electron chi connectivity index (χ0n) is 21.1. The summed E-state index contributed by atoms with van der Waals surface area (Å²) in [5.74, 6) is 0.0387. The van der Waals surface area contributed by atoms with E-state index in [2.05, 4.69) is 20.4 Å². The average Bonchev–Trinajstić information content (AvgIpc) is 3.28. The molecule has 1 amide bonds. The van der Waals surface area contributed by atoms with Crippen LogP contribution >= 0.6 is 11.6 Å². The number of hydrogen-bond donors (Lipinski definition) is 3. The van der Waals surface area contributed by atoms with E-state index in [4.69, 9.17) is 22.4 Å². The van der Waals surface area contributed by atoms with Crippen molar-refractivity contribution in [3.8, 4) is 0 Å². The lowest BCUT2D eigenvalue weighted by molar-refractivity contribution is 0.0949. The maximum Gasteiger partial charge on any atom is 0.255 e. The number of amides is 1. The van der Waals surface area contributed by atoms with Gasteiger partial charge in [0, 0.05) is 37.1 Å². The molecule has 0 saturated carbocycles. The molecular weight excluding hydrogens is 483 g/mol. The van der Waals surface area contributed by atoms with Crippen molar-refractivity contribution in [1.29, 1.82) is 0 Å². The molecule has 0 bridgehead atoms. The summed E-state index contributed by atoms with van der Waals surface area (Å²) < 4.78 is 15.1. The molecule has 0 fully saturated rings. The maximum absolute atomic E-state index is 13.6. The van der Waals surface area contributed by atoms with Gasteiger partial charge >= 0.3 is 0 Å². The maximum atomic E-state index is 13.6. The molecule has 0 radical (unpaired) electrons. The Morgan fingerprint density at radius 2 is 1.92 bits per heavy atom. The Morgan fingerprint density at radius 1 is 1.19 bits per heavy atom. The van der Waals surface area contributed by atoms with Crippen molar-refractivity contribution in [1.82, 2.24) is 25.1 Å². The van der Waals surface area contributed by atoms with Crippen LogP contribution in [0.2, 0.25) is 5.02 Å². The van der Waals surface area contributed by atoms with Crippen LogP contribution in [-0.2, 0) is 19.8 Å². The van der Waals surface area contributed by atoms with E-state index in [0.29, 0.717) is 17.4 Å². The number of carbonyl (C=O) groups excluding carboxylic acids is 1. The molecule has 4 N–H and O–H groups in total. The van der Waals surface area contributed by atoms with Gasteiger partial charge in [-0.15, -0.1) is 0 Å². The summed E-state index contributed by atoms with van der Waals surface area (Å²) in [6.07, 6.45) is 3.16. The minimum atomic E-state index is -0.839. The smallest absolute Gasteiger partial charge is 0.255 e. The Morgan fingerprint density at radius 3 is 2.58 bits per heavy atom. The molecule has 0 saturated heterocycles. The summed E-state index contributed by atoms with van der Waals surface area (Å²) in [4.78, 5) is 21.3. The number of carbonyl (C=O) groups is 1. The number of aromatic nitrogens is 4.